The maximum absolute atomic E-state index is 13.1. The average Bonchev–Trinajstić information content (AvgIpc) is 2.42. The van der Waals surface area contributed by atoms with Crippen LogP contribution >= 0.6 is 0 Å². The average molecular weight is 283 g/mol. The monoisotopic (exact) mass is 283 g/mol. The summed E-state index contributed by atoms with van der Waals surface area (Å²) >= 11 is 0. The van der Waals surface area contributed by atoms with Gasteiger partial charge in [0.25, 0.3) is 11.6 Å². The lowest BCUT2D eigenvalue weighted by Gasteiger charge is -2.14. The zero-order chi connectivity index (χ0) is 15.3. The SMILES string of the molecule is CCN(C)C(=O)CNC(=O)c1cc(F)ccc1[N+](=O)[O-]. The number of amides is 2. The van der Waals surface area contributed by atoms with Crippen molar-refractivity contribution in [1.29, 1.82) is 0 Å². The Morgan fingerprint density at radius 1 is 1.45 bits per heavy atom. The highest BCUT2D eigenvalue weighted by Crippen LogP contribution is 2.19. The summed E-state index contributed by atoms with van der Waals surface area (Å²) in [6, 6.07) is 2.57. The number of rotatable bonds is 5. The van der Waals surface area contributed by atoms with E-state index in [0.29, 0.717) is 6.54 Å². The number of hydrogen-bond acceptors (Lipinski definition) is 4. The van der Waals surface area contributed by atoms with E-state index in [9.17, 15) is 24.1 Å². The molecule has 0 saturated carbocycles. The normalized spacial score (nSPS) is 9.95. The van der Waals surface area contributed by atoms with E-state index >= 15 is 0 Å². The molecular weight excluding hydrogens is 269 g/mol. The molecule has 0 aliphatic rings. The lowest BCUT2D eigenvalue weighted by atomic mass is 10.1. The summed E-state index contributed by atoms with van der Waals surface area (Å²) in [7, 11) is 1.55. The molecule has 0 heterocycles. The van der Waals surface area contributed by atoms with E-state index in [1.54, 1.807) is 14.0 Å². The van der Waals surface area contributed by atoms with Crippen molar-refractivity contribution in [3.05, 3.63) is 39.7 Å². The molecule has 8 heteroatoms. The zero-order valence-corrected chi connectivity index (χ0v) is 11.1. The van der Waals surface area contributed by atoms with Crippen LogP contribution in [0.1, 0.15) is 17.3 Å². The number of carbonyl (C=O) groups excluding carboxylic acids is 2. The van der Waals surface area contributed by atoms with Crippen LogP contribution in [0.15, 0.2) is 18.2 Å². The van der Waals surface area contributed by atoms with Gasteiger partial charge in [0.15, 0.2) is 0 Å². The molecule has 1 aromatic rings. The Labute approximate surface area is 114 Å². The Morgan fingerprint density at radius 2 is 2.10 bits per heavy atom. The molecule has 7 nitrogen and oxygen atoms in total. The van der Waals surface area contributed by atoms with Crippen molar-refractivity contribution in [3.8, 4) is 0 Å². The van der Waals surface area contributed by atoms with E-state index < -0.39 is 27.9 Å². The molecular formula is C12H14FN3O4. The summed E-state index contributed by atoms with van der Waals surface area (Å²) in [6.07, 6.45) is 0. The number of halogens is 1. The molecule has 1 rings (SSSR count). The Bertz CT molecular complexity index is 548. The van der Waals surface area contributed by atoms with Crippen LogP contribution in [0.4, 0.5) is 10.1 Å². The largest absolute Gasteiger partial charge is 0.345 e. The minimum absolute atomic E-state index is 0.309. The highest BCUT2D eigenvalue weighted by Gasteiger charge is 2.21. The minimum Gasteiger partial charge on any atom is -0.345 e. The fourth-order valence-corrected chi connectivity index (χ4v) is 1.41. The van der Waals surface area contributed by atoms with E-state index in [1.165, 1.54) is 4.90 Å². The van der Waals surface area contributed by atoms with Crippen molar-refractivity contribution in [2.75, 3.05) is 20.1 Å². The number of benzene rings is 1. The lowest BCUT2D eigenvalue weighted by Crippen LogP contribution is -2.38. The summed E-state index contributed by atoms with van der Waals surface area (Å²) < 4.78 is 13.1. The van der Waals surface area contributed by atoms with Crippen LogP contribution in [0.3, 0.4) is 0 Å². The number of nitro groups is 1. The van der Waals surface area contributed by atoms with Crippen LogP contribution in [0.25, 0.3) is 0 Å². The first kappa shape index (κ1) is 15.5. The molecule has 0 aliphatic heterocycles. The van der Waals surface area contributed by atoms with Gasteiger partial charge < -0.3 is 10.2 Å². The first-order chi connectivity index (χ1) is 9.36. The van der Waals surface area contributed by atoms with Gasteiger partial charge in [-0.2, -0.15) is 0 Å². The molecule has 0 radical (unpaired) electrons. The quantitative estimate of drug-likeness (QED) is 0.643. The number of likely N-dealkylation sites (N-methyl/N-ethyl adjacent to an activating group) is 1. The Hall–Kier alpha value is -2.51. The van der Waals surface area contributed by atoms with Crippen molar-refractivity contribution < 1.29 is 18.9 Å². The Kier molecular flexibility index (Phi) is 5.13. The lowest BCUT2D eigenvalue weighted by molar-refractivity contribution is -0.385. The third-order valence-electron chi connectivity index (χ3n) is 2.70. The van der Waals surface area contributed by atoms with Crippen molar-refractivity contribution >= 4 is 17.5 Å². The summed E-state index contributed by atoms with van der Waals surface area (Å²) in [6.45, 7) is 1.92. The number of hydrogen-bond donors (Lipinski definition) is 1. The minimum atomic E-state index is -0.867. The summed E-state index contributed by atoms with van der Waals surface area (Å²) in [5.41, 5.74) is -0.929. The predicted molar refractivity (Wildman–Crippen MR) is 68.7 cm³/mol. The first-order valence-electron chi connectivity index (χ1n) is 5.83. The van der Waals surface area contributed by atoms with E-state index in [1.807, 2.05) is 0 Å². The fraction of sp³-hybridized carbons (Fsp3) is 0.333. The van der Waals surface area contributed by atoms with E-state index in [-0.39, 0.29) is 12.5 Å². The second kappa shape index (κ2) is 6.60. The highest BCUT2D eigenvalue weighted by molar-refractivity contribution is 5.99. The molecule has 0 fully saturated rings. The van der Waals surface area contributed by atoms with Crippen LogP contribution in [0.2, 0.25) is 0 Å². The standard InChI is InChI=1S/C12H14FN3O4/c1-3-15(2)11(17)7-14-12(18)9-6-8(13)4-5-10(9)16(19)20/h4-6H,3,7H2,1-2H3,(H,14,18). The van der Waals surface area contributed by atoms with Crippen molar-refractivity contribution in [2.45, 2.75) is 6.92 Å². The first-order valence-corrected chi connectivity index (χ1v) is 5.83. The molecule has 1 N–H and O–H groups in total. The van der Waals surface area contributed by atoms with Gasteiger partial charge in [0.1, 0.15) is 11.4 Å². The molecule has 0 bridgehead atoms. The maximum Gasteiger partial charge on any atom is 0.282 e. The van der Waals surface area contributed by atoms with Crippen molar-refractivity contribution in [2.24, 2.45) is 0 Å². The van der Waals surface area contributed by atoms with Gasteiger partial charge in [-0.3, -0.25) is 19.7 Å². The van der Waals surface area contributed by atoms with Gasteiger partial charge in [0, 0.05) is 19.7 Å². The molecule has 0 atom stereocenters. The second-order valence-corrected chi connectivity index (χ2v) is 4.01. The van der Waals surface area contributed by atoms with Gasteiger partial charge >= 0.3 is 0 Å². The molecule has 2 amide bonds. The number of nitrogens with zero attached hydrogens (tertiary/aromatic N) is 2. The van der Waals surface area contributed by atoms with E-state index in [2.05, 4.69) is 5.32 Å². The molecule has 0 aromatic heterocycles. The van der Waals surface area contributed by atoms with Crippen LogP contribution in [0, 0.1) is 15.9 Å². The molecule has 20 heavy (non-hydrogen) atoms. The molecule has 108 valence electrons. The summed E-state index contributed by atoms with van der Waals surface area (Å²) in [5.74, 6) is -1.98. The van der Waals surface area contributed by atoms with Crippen molar-refractivity contribution in [3.63, 3.8) is 0 Å². The molecule has 1 aromatic carbocycles. The molecule has 0 aliphatic carbocycles. The molecule has 0 saturated heterocycles. The summed E-state index contributed by atoms with van der Waals surface area (Å²) in [4.78, 5) is 34.6. The fourth-order valence-electron chi connectivity index (χ4n) is 1.41. The third kappa shape index (κ3) is 3.74. The zero-order valence-electron chi connectivity index (χ0n) is 11.1. The van der Waals surface area contributed by atoms with Gasteiger partial charge in [-0.1, -0.05) is 0 Å². The van der Waals surface area contributed by atoms with Gasteiger partial charge in [-0.25, -0.2) is 4.39 Å². The predicted octanol–water partition coefficient (Wildman–Crippen LogP) is 0.942. The maximum atomic E-state index is 13.1. The van der Waals surface area contributed by atoms with E-state index in [4.69, 9.17) is 0 Å². The molecule has 0 unspecified atom stereocenters. The Balaban J connectivity index is 2.85. The van der Waals surface area contributed by atoms with Gasteiger partial charge in [-0.15, -0.1) is 0 Å². The number of nitro benzene ring substituents is 1. The Morgan fingerprint density at radius 3 is 2.65 bits per heavy atom. The third-order valence-corrected chi connectivity index (χ3v) is 2.70. The smallest absolute Gasteiger partial charge is 0.282 e. The second-order valence-electron chi connectivity index (χ2n) is 4.01. The van der Waals surface area contributed by atoms with E-state index in [0.717, 1.165) is 18.2 Å². The van der Waals surface area contributed by atoms with Crippen LogP contribution < -0.4 is 5.32 Å². The highest BCUT2D eigenvalue weighted by atomic mass is 19.1. The number of nitrogens with one attached hydrogen (secondary N) is 1. The van der Waals surface area contributed by atoms with Crippen LogP contribution in [-0.2, 0) is 4.79 Å². The number of carbonyl (C=O) groups is 2. The van der Waals surface area contributed by atoms with Gasteiger partial charge in [0.2, 0.25) is 5.91 Å². The van der Waals surface area contributed by atoms with Gasteiger partial charge in [0.05, 0.1) is 11.5 Å². The van der Waals surface area contributed by atoms with Crippen molar-refractivity contribution in [1.82, 2.24) is 10.2 Å². The van der Waals surface area contributed by atoms with Crippen LogP contribution in [-0.4, -0.2) is 41.8 Å². The summed E-state index contributed by atoms with van der Waals surface area (Å²) in [5, 5.41) is 13.0. The van der Waals surface area contributed by atoms with Gasteiger partial charge in [-0.05, 0) is 19.1 Å². The van der Waals surface area contributed by atoms with Crippen LogP contribution in [0.5, 0.6) is 0 Å². The topological polar surface area (TPSA) is 92.6 Å². The molecule has 0 spiro atoms.